The Hall–Kier alpha value is -3.07. The summed E-state index contributed by atoms with van der Waals surface area (Å²) in [7, 11) is 0. The lowest BCUT2D eigenvalue weighted by molar-refractivity contribution is -0.118. The van der Waals surface area contributed by atoms with Crippen molar-refractivity contribution in [2.75, 3.05) is 18.1 Å². The van der Waals surface area contributed by atoms with E-state index in [0.717, 1.165) is 30.4 Å². The summed E-state index contributed by atoms with van der Waals surface area (Å²) in [6, 6.07) is 7.83. The van der Waals surface area contributed by atoms with Crippen LogP contribution in [0.3, 0.4) is 0 Å². The minimum absolute atomic E-state index is 0.0923. The number of aromatic nitrogens is 3. The van der Waals surface area contributed by atoms with Crippen LogP contribution in [0.15, 0.2) is 28.7 Å². The lowest BCUT2D eigenvalue weighted by Gasteiger charge is -2.19. The topological polar surface area (TPSA) is 98.4 Å². The highest BCUT2D eigenvalue weighted by Crippen LogP contribution is 2.28. The quantitative estimate of drug-likeness (QED) is 0.282. The van der Waals surface area contributed by atoms with Crippen molar-refractivity contribution in [2.24, 2.45) is 0 Å². The molecule has 9 heteroatoms. The van der Waals surface area contributed by atoms with E-state index in [9.17, 15) is 9.59 Å². The summed E-state index contributed by atoms with van der Waals surface area (Å²) in [6.07, 6.45) is 3.43. The number of hydrogen-bond acceptors (Lipinski definition) is 8. The third kappa shape index (κ3) is 6.47. The summed E-state index contributed by atoms with van der Waals surface area (Å²) < 4.78 is 10.9. The molecule has 0 aliphatic heterocycles. The Morgan fingerprint density at radius 1 is 1.09 bits per heavy atom. The number of rotatable bonds is 11. The van der Waals surface area contributed by atoms with Crippen LogP contribution >= 0.6 is 11.3 Å². The van der Waals surface area contributed by atoms with Gasteiger partial charge in [-0.05, 0) is 39.3 Å². The predicted octanol–water partition coefficient (Wildman–Crippen LogP) is 5.14. The molecule has 0 spiro atoms. The first kappa shape index (κ1) is 24.6. The van der Waals surface area contributed by atoms with Crippen molar-refractivity contribution in [3.8, 4) is 11.5 Å². The van der Waals surface area contributed by atoms with Crippen molar-refractivity contribution in [1.82, 2.24) is 15.2 Å². The molecule has 8 nitrogen and oxygen atoms in total. The van der Waals surface area contributed by atoms with Crippen LogP contribution in [0.1, 0.15) is 66.4 Å². The molecule has 0 bridgehead atoms. The summed E-state index contributed by atoms with van der Waals surface area (Å²) in [4.78, 5) is 31.9. The summed E-state index contributed by atoms with van der Waals surface area (Å²) >= 11 is 1.19. The van der Waals surface area contributed by atoms with Crippen LogP contribution in [0.25, 0.3) is 11.5 Å². The van der Waals surface area contributed by atoms with Crippen LogP contribution in [0, 0.1) is 13.8 Å². The molecule has 3 aromatic rings. The largest absolute Gasteiger partial charge is 0.462 e. The normalized spacial score (nSPS) is 10.9. The Labute approximate surface area is 198 Å². The van der Waals surface area contributed by atoms with Gasteiger partial charge >= 0.3 is 5.97 Å². The van der Waals surface area contributed by atoms with Gasteiger partial charge in [0.05, 0.1) is 12.3 Å². The number of carbonyl (C=O) groups excluding carboxylic acids is 2. The molecule has 1 aromatic carbocycles. The van der Waals surface area contributed by atoms with Crippen molar-refractivity contribution >= 4 is 28.3 Å². The minimum Gasteiger partial charge on any atom is -0.462 e. The van der Waals surface area contributed by atoms with Gasteiger partial charge in [0.1, 0.15) is 4.88 Å². The van der Waals surface area contributed by atoms with Gasteiger partial charge < -0.3 is 9.15 Å². The summed E-state index contributed by atoms with van der Waals surface area (Å²) in [6.45, 7) is 8.48. The number of unbranched alkanes of at least 4 members (excludes halogenated alkanes) is 2. The zero-order valence-electron chi connectivity index (χ0n) is 19.6. The van der Waals surface area contributed by atoms with E-state index in [2.05, 4.69) is 22.1 Å². The number of hydrogen-bond donors (Lipinski definition) is 0. The molecular weight excluding hydrogens is 440 g/mol. The lowest BCUT2D eigenvalue weighted by atomic mass is 10.1. The van der Waals surface area contributed by atoms with Crippen molar-refractivity contribution in [3.05, 3.63) is 46.3 Å². The van der Waals surface area contributed by atoms with Gasteiger partial charge in [-0.15, -0.1) is 10.2 Å². The van der Waals surface area contributed by atoms with Gasteiger partial charge in [0.2, 0.25) is 17.7 Å². The molecule has 2 aromatic heterocycles. The van der Waals surface area contributed by atoms with Gasteiger partial charge in [-0.25, -0.2) is 9.78 Å². The van der Waals surface area contributed by atoms with Crippen molar-refractivity contribution in [1.29, 1.82) is 0 Å². The number of esters is 1. The van der Waals surface area contributed by atoms with Crippen molar-refractivity contribution < 1.29 is 18.7 Å². The van der Waals surface area contributed by atoms with E-state index in [0.29, 0.717) is 47.1 Å². The fraction of sp³-hybridized carbons (Fsp3) is 0.458. The summed E-state index contributed by atoms with van der Waals surface area (Å²) in [5, 5.41) is 8.72. The highest BCUT2D eigenvalue weighted by Gasteiger charge is 2.24. The molecule has 33 heavy (non-hydrogen) atoms. The second-order valence-electron chi connectivity index (χ2n) is 7.75. The molecular formula is C24H30N4O4S. The molecule has 1 amide bonds. The predicted molar refractivity (Wildman–Crippen MR) is 127 cm³/mol. The summed E-state index contributed by atoms with van der Waals surface area (Å²) in [5.41, 5.74) is 2.56. The Bertz CT molecular complexity index is 1070. The van der Waals surface area contributed by atoms with Crippen molar-refractivity contribution in [3.63, 3.8) is 0 Å². The van der Waals surface area contributed by atoms with Gasteiger partial charge in [0.25, 0.3) is 0 Å². The third-order valence-corrected chi connectivity index (χ3v) is 6.24. The third-order valence-electron chi connectivity index (χ3n) is 5.08. The first-order valence-electron chi connectivity index (χ1n) is 11.3. The van der Waals surface area contributed by atoms with E-state index < -0.39 is 5.97 Å². The van der Waals surface area contributed by atoms with Gasteiger partial charge in [-0.2, -0.15) is 0 Å². The maximum absolute atomic E-state index is 13.1. The van der Waals surface area contributed by atoms with Crippen LogP contribution in [-0.4, -0.2) is 40.2 Å². The molecule has 0 N–H and O–H groups in total. The number of anilines is 1. The smallest absolute Gasteiger partial charge is 0.350 e. The lowest BCUT2D eigenvalue weighted by Crippen LogP contribution is -2.32. The molecule has 0 aliphatic carbocycles. The molecule has 2 heterocycles. The zero-order chi connectivity index (χ0) is 23.8. The number of carbonyl (C=O) groups is 2. The molecule has 0 fully saturated rings. The summed E-state index contributed by atoms with van der Waals surface area (Å²) in [5.74, 6) is 0.349. The first-order chi connectivity index (χ1) is 15.9. The standard InChI is InChI=1S/C24H30N4O4S/c1-5-7-8-15-28(24-25-17(4)21(33-24)23(30)31-6-2)20(29)14-13-19-26-27-22(32-19)18-11-9-16(3)10-12-18/h9-12H,5-8,13-15H2,1-4H3. The van der Waals surface area contributed by atoms with E-state index in [1.165, 1.54) is 11.3 Å². The molecule has 0 radical (unpaired) electrons. The van der Waals surface area contributed by atoms with Gasteiger partial charge in [0, 0.05) is 24.9 Å². The average Bonchev–Trinajstić information content (AvgIpc) is 3.42. The molecule has 0 aliphatic rings. The SMILES string of the molecule is CCCCCN(C(=O)CCc1nnc(-c2ccc(C)cc2)o1)c1nc(C)c(C(=O)OCC)s1. The number of nitrogens with zero attached hydrogens (tertiary/aromatic N) is 4. The second-order valence-corrected chi connectivity index (χ2v) is 8.73. The van der Waals surface area contributed by atoms with E-state index in [1.807, 2.05) is 31.2 Å². The monoisotopic (exact) mass is 470 g/mol. The van der Waals surface area contributed by atoms with Gasteiger partial charge in [-0.3, -0.25) is 9.69 Å². The zero-order valence-corrected chi connectivity index (χ0v) is 20.4. The van der Waals surface area contributed by atoms with E-state index >= 15 is 0 Å². The van der Waals surface area contributed by atoms with E-state index in [-0.39, 0.29) is 12.3 Å². The number of ether oxygens (including phenoxy) is 1. The van der Waals surface area contributed by atoms with E-state index in [1.54, 1.807) is 18.7 Å². The van der Waals surface area contributed by atoms with Gasteiger partial charge in [-0.1, -0.05) is 48.8 Å². The highest BCUT2D eigenvalue weighted by molar-refractivity contribution is 7.17. The number of benzene rings is 1. The Morgan fingerprint density at radius 3 is 2.55 bits per heavy atom. The molecule has 0 unspecified atom stereocenters. The maximum Gasteiger partial charge on any atom is 0.350 e. The molecule has 3 rings (SSSR count). The van der Waals surface area contributed by atoms with Crippen LogP contribution in [0.5, 0.6) is 0 Å². The highest BCUT2D eigenvalue weighted by atomic mass is 32.1. The number of thiazole rings is 1. The number of aryl methyl sites for hydroxylation is 3. The van der Waals surface area contributed by atoms with Crippen LogP contribution in [-0.2, 0) is 16.0 Å². The molecule has 0 saturated carbocycles. The van der Waals surface area contributed by atoms with Gasteiger partial charge in [0.15, 0.2) is 5.13 Å². The van der Waals surface area contributed by atoms with Crippen LogP contribution in [0.4, 0.5) is 5.13 Å². The Balaban J connectivity index is 1.70. The molecule has 176 valence electrons. The number of amides is 1. The van der Waals surface area contributed by atoms with Crippen molar-refractivity contribution in [2.45, 2.75) is 59.8 Å². The molecule has 0 atom stereocenters. The maximum atomic E-state index is 13.1. The average molecular weight is 471 g/mol. The molecule has 0 saturated heterocycles. The minimum atomic E-state index is -0.408. The van der Waals surface area contributed by atoms with Crippen LogP contribution < -0.4 is 4.90 Å². The van der Waals surface area contributed by atoms with E-state index in [4.69, 9.17) is 9.15 Å². The fourth-order valence-electron chi connectivity index (χ4n) is 3.25. The van der Waals surface area contributed by atoms with Crippen LogP contribution in [0.2, 0.25) is 0 Å². The fourth-order valence-corrected chi connectivity index (χ4v) is 4.25. The second kappa shape index (κ2) is 11.7. The first-order valence-corrected chi connectivity index (χ1v) is 12.1. The Morgan fingerprint density at radius 2 is 1.85 bits per heavy atom. The Kier molecular flexibility index (Phi) is 8.71.